The number of hydrogen-bond acceptors (Lipinski definition) is 7. The average molecular weight is 490 g/mol. The zero-order chi connectivity index (χ0) is 24.8. The minimum Gasteiger partial charge on any atom is -0.489 e. The van der Waals surface area contributed by atoms with E-state index < -0.39 is 0 Å². The van der Waals surface area contributed by atoms with Gasteiger partial charge in [0.1, 0.15) is 17.7 Å². The number of carbonyl (C=O) groups excluding carboxylic acids is 3. The molecule has 0 bridgehead atoms. The molecule has 6 rings (SSSR count). The first-order valence-corrected chi connectivity index (χ1v) is 13.0. The molecule has 1 aromatic heterocycles. The lowest BCUT2D eigenvalue weighted by Gasteiger charge is -2.47. The summed E-state index contributed by atoms with van der Waals surface area (Å²) in [4.78, 5) is 49.2. The lowest BCUT2D eigenvalue weighted by atomic mass is 9.86. The summed E-state index contributed by atoms with van der Waals surface area (Å²) in [5.41, 5.74) is 2.39. The van der Waals surface area contributed by atoms with Gasteiger partial charge in [-0.25, -0.2) is 15.0 Å². The third-order valence-corrected chi connectivity index (χ3v) is 7.86. The molecule has 9 nitrogen and oxygen atoms in total. The third-order valence-electron chi connectivity index (χ3n) is 7.86. The smallest absolute Gasteiger partial charge is 0.273 e. The van der Waals surface area contributed by atoms with Gasteiger partial charge in [-0.2, -0.15) is 5.01 Å². The minimum absolute atomic E-state index is 0.0788. The van der Waals surface area contributed by atoms with Gasteiger partial charge in [0.25, 0.3) is 5.91 Å². The second-order valence-electron chi connectivity index (χ2n) is 10.4. The van der Waals surface area contributed by atoms with E-state index in [1.807, 2.05) is 31.5 Å². The zero-order valence-corrected chi connectivity index (χ0v) is 20.6. The number of nitrogens with zero attached hydrogens (tertiary/aromatic N) is 5. The van der Waals surface area contributed by atoms with Gasteiger partial charge in [-0.15, -0.1) is 0 Å². The van der Waals surface area contributed by atoms with Crippen LogP contribution in [0.3, 0.4) is 0 Å². The molecule has 0 N–H and O–H groups in total. The van der Waals surface area contributed by atoms with Gasteiger partial charge in [-0.3, -0.25) is 19.3 Å². The average Bonchev–Trinajstić information content (AvgIpc) is 3.15. The fourth-order valence-corrected chi connectivity index (χ4v) is 5.89. The van der Waals surface area contributed by atoms with Crippen LogP contribution in [0.2, 0.25) is 0 Å². The number of fused-ring (bicyclic) bond motifs is 1. The highest BCUT2D eigenvalue weighted by atomic mass is 16.5. The first kappa shape index (κ1) is 23.1. The predicted octanol–water partition coefficient (Wildman–Crippen LogP) is 2.98. The van der Waals surface area contributed by atoms with Gasteiger partial charge >= 0.3 is 0 Å². The topological polar surface area (TPSA) is 95.9 Å². The number of piperidine rings is 1. The van der Waals surface area contributed by atoms with E-state index in [4.69, 9.17) is 4.74 Å². The second kappa shape index (κ2) is 9.28. The Kier molecular flexibility index (Phi) is 5.95. The number of imide groups is 1. The van der Waals surface area contributed by atoms with Crippen molar-refractivity contribution >= 4 is 17.7 Å². The number of benzene rings is 1. The SMILES string of the molecule is Cc1cnc(C2CN([C@H]3CCCC[C@H]3Oc3ccc4c(c3)CN(N3C(=O)CCCC3=O)C4=O)C2)nc1. The van der Waals surface area contributed by atoms with Gasteiger partial charge in [0.15, 0.2) is 0 Å². The fraction of sp³-hybridized carbons (Fsp3) is 0.519. The molecule has 0 radical (unpaired) electrons. The van der Waals surface area contributed by atoms with Crippen LogP contribution in [0.5, 0.6) is 5.75 Å². The van der Waals surface area contributed by atoms with Gasteiger partial charge in [0, 0.05) is 55.8 Å². The van der Waals surface area contributed by atoms with Gasteiger partial charge in [-0.1, -0.05) is 6.42 Å². The van der Waals surface area contributed by atoms with E-state index in [2.05, 4.69) is 14.9 Å². The Morgan fingerprint density at radius 1 is 0.944 bits per heavy atom. The Bertz CT molecular complexity index is 1180. The summed E-state index contributed by atoms with van der Waals surface area (Å²) in [5, 5.41) is 2.33. The number of hydrogen-bond donors (Lipinski definition) is 0. The molecule has 4 heterocycles. The molecular formula is C27H31N5O4. The minimum atomic E-state index is -0.308. The van der Waals surface area contributed by atoms with Crippen molar-refractivity contribution in [3.8, 4) is 5.75 Å². The second-order valence-corrected chi connectivity index (χ2v) is 10.4. The number of carbonyl (C=O) groups is 3. The highest BCUT2D eigenvalue weighted by Gasteiger charge is 2.41. The van der Waals surface area contributed by atoms with Crippen LogP contribution in [0.15, 0.2) is 30.6 Å². The molecule has 3 aliphatic heterocycles. The van der Waals surface area contributed by atoms with Crippen LogP contribution in [-0.4, -0.2) is 67.8 Å². The molecule has 2 saturated heterocycles. The van der Waals surface area contributed by atoms with Crippen LogP contribution in [0.4, 0.5) is 0 Å². The van der Waals surface area contributed by atoms with Gasteiger partial charge in [0.2, 0.25) is 11.8 Å². The van der Waals surface area contributed by atoms with E-state index in [0.717, 1.165) is 60.1 Å². The molecule has 2 aromatic rings. The van der Waals surface area contributed by atoms with Gasteiger partial charge in [-0.05, 0) is 61.9 Å². The molecule has 188 valence electrons. The summed E-state index contributed by atoms with van der Waals surface area (Å²) < 4.78 is 6.51. The summed E-state index contributed by atoms with van der Waals surface area (Å²) in [5.74, 6) is 1.10. The zero-order valence-electron chi connectivity index (χ0n) is 20.6. The Hall–Kier alpha value is -3.33. The highest BCUT2D eigenvalue weighted by molar-refractivity contribution is 6.04. The molecular weight excluding hydrogens is 458 g/mol. The van der Waals surface area contributed by atoms with Crippen LogP contribution in [0.25, 0.3) is 0 Å². The third kappa shape index (κ3) is 4.15. The summed E-state index contributed by atoms with van der Waals surface area (Å²) >= 11 is 0. The van der Waals surface area contributed by atoms with Crippen molar-refractivity contribution in [2.24, 2.45) is 0 Å². The van der Waals surface area contributed by atoms with E-state index >= 15 is 0 Å². The molecule has 3 fully saturated rings. The first-order valence-electron chi connectivity index (χ1n) is 13.0. The van der Waals surface area contributed by atoms with Gasteiger partial charge < -0.3 is 4.74 Å². The molecule has 1 aromatic carbocycles. The molecule has 2 atom stereocenters. The molecule has 9 heteroatoms. The number of amides is 3. The monoisotopic (exact) mass is 489 g/mol. The fourth-order valence-electron chi connectivity index (χ4n) is 5.89. The quantitative estimate of drug-likeness (QED) is 0.596. The lowest BCUT2D eigenvalue weighted by molar-refractivity contribution is -0.163. The standard InChI is InChI=1S/C27H31N5O4/c1-17-12-28-26(29-13-17)19-14-30(15-19)22-5-2-3-6-23(22)36-20-9-10-21-18(11-20)16-31(27(21)35)32-24(33)7-4-8-25(32)34/h9-13,19,22-23H,2-8,14-16H2,1H3/t22-,23+/m0/s1. The maximum atomic E-state index is 13.0. The van der Waals surface area contributed by atoms with Crippen LogP contribution in [0, 0.1) is 6.92 Å². The van der Waals surface area contributed by atoms with E-state index in [0.29, 0.717) is 23.9 Å². The highest BCUT2D eigenvalue weighted by Crippen LogP contribution is 2.36. The summed E-state index contributed by atoms with van der Waals surface area (Å²) in [6, 6.07) is 5.84. The van der Waals surface area contributed by atoms with Crippen molar-refractivity contribution in [2.45, 2.75) is 76.5 Å². The van der Waals surface area contributed by atoms with E-state index in [1.54, 1.807) is 6.07 Å². The first-order chi connectivity index (χ1) is 17.5. The number of likely N-dealkylation sites (tertiary alicyclic amines) is 1. The van der Waals surface area contributed by atoms with Crippen molar-refractivity contribution < 1.29 is 19.1 Å². The molecule has 0 unspecified atom stereocenters. The maximum Gasteiger partial charge on any atom is 0.273 e. The molecule has 4 aliphatic rings. The molecule has 0 spiro atoms. The predicted molar refractivity (Wildman–Crippen MR) is 130 cm³/mol. The normalized spacial score (nSPS) is 25.2. The van der Waals surface area contributed by atoms with E-state index in [-0.39, 0.29) is 43.2 Å². The number of rotatable bonds is 5. The van der Waals surface area contributed by atoms with Crippen molar-refractivity contribution in [1.82, 2.24) is 24.9 Å². The Morgan fingerprint density at radius 2 is 1.67 bits per heavy atom. The van der Waals surface area contributed by atoms with Crippen LogP contribution in [0.1, 0.15) is 78.2 Å². The van der Waals surface area contributed by atoms with Crippen molar-refractivity contribution in [2.75, 3.05) is 13.1 Å². The summed E-state index contributed by atoms with van der Waals surface area (Å²) in [6.07, 6.45) is 9.38. The number of ether oxygens (including phenoxy) is 1. The maximum absolute atomic E-state index is 13.0. The van der Waals surface area contributed by atoms with Crippen molar-refractivity contribution in [3.05, 3.63) is 53.1 Å². The molecule has 1 aliphatic carbocycles. The molecule has 36 heavy (non-hydrogen) atoms. The lowest BCUT2D eigenvalue weighted by Crippen LogP contribution is -2.57. The Balaban J connectivity index is 1.13. The largest absolute Gasteiger partial charge is 0.489 e. The Morgan fingerprint density at radius 3 is 2.42 bits per heavy atom. The number of aromatic nitrogens is 2. The van der Waals surface area contributed by atoms with Gasteiger partial charge in [0.05, 0.1) is 6.54 Å². The van der Waals surface area contributed by atoms with Crippen molar-refractivity contribution in [3.63, 3.8) is 0 Å². The van der Waals surface area contributed by atoms with E-state index in [9.17, 15) is 14.4 Å². The molecule has 3 amide bonds. The van der Waals surface area contributed by atoms with E-state index in [1.165, 1.54) is 11.4 Å². The van der Waals surface area contributed by atoms with Crippen molar-refractivity contribution in [1.29, 1.82) is 0 Å². The number of aryl methyl sites for hydroxylation is 1. The van der Waals surface area contributed by atoms with Crippen LogP contribution in [-0.2, 0) is 16.1 Å². The Labute approximate surface area is 210 Å². The summed E-state index contributed by atoms with van der Waals surface area (Å²) in [6.45, 7) is 4.10. The molecule has 1 saturated carbocycles. The number of hydrazine groups is 1. The van der Waals surface area contributed by atoms with Crippen LogP contribution < -0.4 is 4.74 Å². The van der Waals surface area contributed by atoms with Crippen LogP contribution >= 0.6 is 0 Å². The summed E-state index contributed by atoms with van der Waals surface area (Å²) in [7, 11) is 0.